The smallest absolute Gasteiger partial charge is 0.256 e. The van der Waals surface area contributed by atoms with Crippen molar-refractivity contribution in [1.29, 1.82) is 0 Å². The first-order valence-corrected chi connectivity index (χ1v) is 10.5. The molecule has 0 saturated heterocycles. The maximum absolute atomic E-state index is 13.2. The van der Waals surface area contributed by atoms with E-state index in [1.54, 1.807) is 0 Å². The molecule has 1 aromatic rings. The van der Waals surface area contributed by atoms with E-state index in [9.17, 15) is 4.79 Å². The molecule has 0 fully saturated rings. The Hall–Kier alpha value is -1.55. The van der Waals surface area contributed by atoms with Crippen molar-refractivity contribution < 1.29 is 14.3 Å². The largest absolute Gasteiger partial charge is 0.494 e. The average molecular weight is 378 g/mol. The molecule has 1 aromatic carbocycles. The van der Waals surface area contributed by atoms with Crippen molar-refractivity contribution in [3.8, 4) is 5.75 Å². The number of carbonyl (C=O) groups excluding carboxylic acids is 1. The van der Waals surface area contributed by atoms with Crippen LogP contribution in [0.25, 0.3) is 0 Å². The van der Waals surface area contributed by atoms with Gasteiger partial charge in [0.05, 0.1) is 6.61 Å². The van der Waals surface area contributed by atoms with Gasteiger partial charge in [0.1, 0.15) is 11.4 Å². The molecule has 154 valence electrons. The molecule has 0 saturated carbocycles. The lowest BCUT2D eigenvalue weighted by molar-refractivity contribution is -0.147. The van der Waals surface area contributed by atoms with Crippen LogP contribution in [0.3, 0.4) is 0 Å². The van der Waals surface area contributed by atoms with Gasteiger partial charge < -0.3 is 14.8 Å². The van der Waals surface area contributed by atoms with Crippen molar-refractivity contribution in [2.24, 2.45) is 11.8 Å². The third-order valence-electron chi connectivity index (χ3n) is 4.35. The minimum Gasteiger partial charge on any atom is -0.494 e. The highest BCUT2D eigenvalue weighted by Gasteiger charge is 2.40. The topological polar surface area (TPSA) is 47.6 Å². The van der Waals surface area contributed by atoms with E-state index >= 15 is 0 Å². The molecular weight excluding hydrogens is 338 g/mol. The van der Waals surface area contributed by atoms with Gasteiger partial charge in [-0.2, -0.15) is 0 Å². The summed E-state index contributed by atoms with van der Waals surface area (Å²) < 4.78 is 11.9. The molecule has 0 atom stereocenters. The van der Waals surface area contributed by atoms with Gasteiger partial charge in [-0.15, -0.1) is 0 Å². The summed E-state index contributed by atoms with van der Waals surface area (Å²) in [6.07, 6.45) is 4.49. The van der Waals surface area contributed by atoms with Crippen LogP contribution in [0.5, 0.6) is 5.75 Å². The lowest BCUT2D eigenvalue weighted by Crippen LogP contribution is -2.47. The third-order valence-corrected chi connectivity index (χ3v) is 4.35. The number of amides is 1. The van der Waals surface area contributed by atoms with Crippen molar-refractivity contribution in [2.75, 3.05) is 18.5 Å². The van der Waals surface area contributed by atoms with Crippen LogP contribution in [0.2, 0.25) is 0 Å². The quantitative estimate of drug-likeness (QED) is 0.425. The molecule has 0 radical (unpaired) electrons. The van der Waals surface area contributed by atoms with E-state index in [-0.39, 0.29) is 5.91 Å². The van der Waals surface area contributed by atoms with Gasteiger partial charge in [-0.05, 0) is 61.8 Å². The normalized spacial score (nSPS) is 11.9. The Kier molecular flexibility index (Phi) is 10.5. The van der Waals surface area contributed by atoms with Crippen molar-refractivity contribution in [2.45, 2.75) is 79.2 Å². The van der Waals surface area contributed by atoms with Gasteiger partial charge in [-0.25, -0.2) is 0 Å². The monoisotopic (exact) mass is 377 g/mol. The second-order valence-corrected chi connectivity index (χ2v) is 8.22. The highest BCUT2D eigenvalue weighted by atomic mass is 16.5. The number of hydrogen-bond acceptors (Lipinski definition) is 3. The van der Waals surface area contributed by atoms with Gasteiger partial charge >= 0.3 is 0 Å². The fraction of sp³-hybridized carbons (Fsp3) is 0.696. The first-order chi connectivity index (χ1) is 12.8. The lowest BCUT2D eigenvalue weighted by Gasteiger charge is -2.35. The number of rotatable bonds is 13. The molecule has 27 heavy (non-hydrogen) atoms. The van der Waals surface area contributed by atoms with Gasteiger partial charge in [-0.1, -0.05) is 48.0 Å². The van der Waals surface area contributed by atoms with Crippen LogP contribution >= 0.6 is 0 Å². The van der Waals surface area contributed by atoms with E-state index in [2.05, 4.69) is 46.9 Å². The second kappa shape index (κ2) is 12.0. The van der Waals surface area contributed by atoms with E-state index < -0.39 is 5.60 Å². The maximum atomic E-state index is 13.2. The van der Waals surface area contributed by atoms with Gasteiger partial charge in [-0.3, -0.25) is 4.79 Å². The van der Waals surface area contributed by atoms with E-state index in [4.69, 9.17) is 9.47 Å². The van der Waals surface area contributed by atoms with Crippen molar-refractivity contribution in [3.05, 3.63) is 24.3 Å². The van der Waals surface area contributed by atoms with Crippen molar-refractivity contribution in [1.82, 2.24) is 0 Å². The van der Waals surface area contributed by atoms with E-state index in [1.807, 2.05) is 24.3 Å². The third kappa shape index (κ3) is 8.34. The summed E-state index contributed by atoms with van der Waals surface area (Å²) in [5, 5.41) is 3.08. The Balaban J connectivity index is 2.90. The Bertz CT molecular complexity index is 527. The van der Waals surface area contributed by atoms with E-state index in [0.29, 0.717) is 18.4 Å². The molecule has 0 aliphatic heterocycles. The summed E-state index contributed by atoms with van der Waals surface area (Å²) in [6, 6.07) is 7.61. The van der Waals surface area contributed by atoms with Crippen LogP contribution in [-0.4, -0.2) is 24.7 Å². The number of nitrogens with one attached hydrogen (secondary N) is 1. The Morgan fingerprint density at radius 1 is 0.963 bits per heavy atom. The molecule has 0 heterocycles. The summed E-state index contributed by atoms with van der Waals surface area (Å²) in [5.74, 6) is 1.54. The van der Waals surface area contributed by atoms with E-state index in [0.717, 1.165) is 50.1 Å². The summed E-state index contributed by atoms with van der Waals surface area (Å²) >= 11 is 0. The van der Waals surface area contributed by atoms with Gasteiger partial charge in [0.2, 0.25) is 0 Å². The average Bonchev–Trinajstić information content (AvgIpc) is 2.60. The minimum atomic E-state index is -0.783. The molecule has 4 nitrogen and oxygen atoms in total. The first-order valence-electron chi connectivity index (χ1n) is 10.5. The molecule has 1 rings (SSSR count). The summed E-state index contributed by atoms with van der Waals surface area (Å²) in [4.78, 5) is 13.2. The SMILES string of the molecule is CCCCOc1ccc(NC(=O)C(CC(C)C)(CC(C)C)OCCC)cc1. The molecule has 0 spiro atoms. The van der Waals surface area contributed by atoms with Crippen LogP contribution in [0.1, 0.15) is 73.6 Å². The van der Waals surface area contributed by atoms with Crippen LogP contribution in [-0.2, 0) is 9.53 Å². The van der Waals surface area contributed by atoms with Crippen LogP contribution in [0.15, 0.2) is 24.3 Å². The zero-order valence-corrected chi connectivity index (χ0v) is 18.1. The number of benzene rings is 1. The van der Waals surface area contributed by atoms with Gasteiger partial charge in [0, 0.05) is 12.3 Å². The lowest BCUT2D eigenvalue weighted by atomic mass is 9.83. The van der Waals surface area contributed by atoms with Gasteiger partial charge in [0.15, 0.2) is 0 Å². The Labute approximate surface area is 166 Å². The molecule has 1 amide bonds. The Morgan fingerprint density at radius 2 is 1.56 bits per heavy atom. The minimum absolute atomic E-state index is 0.0435. The summed E-state index contributed by atoms with van der Waals surface area (Å²) in [5.41, 5.74) is -0.00548. The number of carbonyl (C=O) groups is 1. The fourth-order valence-corrected chi connectivity index (χ4v) is 3.28. The number of ether oxygens (including phenoxy) is 2. The summed E-state index contributed by atoms with van der Waals surface area (Å²) in [7, 11) is 0. The predicted molar refractivity (Wildman–Crippen MR) is 113 cm³/mol. The highest BCUT2D eigenvalue weighted by Crippen LogP contribution is 2.31. The molecule has 0 unspecified atom stereocenters. The second-order valence-electron chi connectivity index (χ2n) is 8.22. The number of hydrogen-bond donors (Lipinski definition) is 1. The summed E-state index contributed by atoms with van der Waals surface area (Å²) in [6.45, 7) is 14.1. The zero-order chi connectivity index (χ0) is 20.3. The fourth-order valence-electron chi connectivity index (χ4n) is 3.28. The van der Waals surface area contributed by atoms with Crippen LogP contribution in [0, 0.1) is 11.8 Å². The van der Waals surface area contributed by atoms with Crippen molar-refractivity contribution in [3.63, 3.8) is 0 Å². The highest BCUT2D eigenvalue weighted by molar-refractivity contribution is 5.97. The first kappa shape index (κ1) is 23.5. The molecule has 0 aliphatic carbocycles. The molecule has 1 N–H and O–H groups in total. The number of unbranched alkanes of at least 4 members (excludes halogenated alkanes) is 1. The molecular formula is C23H39NO3. The van der Waals surface area contributed by atoms with Crippen LogP contribution in [0.4, 0.5) is 5.69 Å². The zero-order valence-electron chi connectivity index (χ0n) is 18.1. The number of anilines is 1. The standard InChI is InChI=1S/C23H39NO3/c1-7-9-15-26-21-12-10-20(11-13-21)24-22(25)23(16-18(3)4,17-19(5)6)27-14-8-2/h10-13,18-19H,7-9,14-17H2,1-6H3,(H,24,25). The van der Waals surface area contributed by atoms with Crippen LogP contribution < -0.4 is 10.1 Å². The van der Waals surface area contributed by atoms with Gasteiger partial charge in [0.25, 0.3) is 5.91 Å². The molecule has 0 bridgehead atoms. The van der Waals surface area contributed by atoms with E-state index in [1.165, 1.54) is 0 Å². The molecule has 0 aromatic heterocycles. The van der Waals surface area contributed by atoms with Crippen molar-refractivity contribution >= 4 is 11.6 Å². The molecule has 4 heteroatoms. The maximum Gasteiger partial charge on any atom is 0.256 e. The Morgan fingerprint density at radius 3 is 2.04 bits per heavy atom. The molecule has 0 aliphatic rings. The predicted octanol–water partition coefficient (Wildman–Crippen LogP) is 6.06.